The largest absolute Gasteiger partial charge is 0.396 e. The maximum absolute atomic E-state index is 9.58. The van der Waals surface area contributed by atoms with E-state index in [0.29, 0.717) is 30.0 Å². The summed E-state index contributed by atoms with van der Waals surface area (Å²) in [6, 6.07) is 1.23. The minimum atomic E-state index is 0.366. The van der Waals surface area contributed by atoms with E-state index in [4.69, 9.17) is 0 Å². The monoisotopic (exact) mass is 267 g/mol. The van der Waals surface area contributed by atoms with E-state index in [1.807, 2.05) is 0 Å². The highest BCUT2D eigenvalue weighted by molar-refractivity contribution is 4.92. The first-order valence-electron chi connectivity index (χ1n) is 8.39. The van der Waals surface area contributed by atoms with Crippen molar-refractivity contribution in [1.82, 2.24) is 5.32 Å². The van der Waals surface area contributed by atoms with Crippen LogP contribution in [-0.4, -0.2) is 23.8 Å². The molecule has 4 unspecified atom stereocenters. The summed E-state index contributed by atoms with van der Waals surface area (Å²) in [6.45, 7) is 7.54. The van der Waals surface area contributed by atoms with Crippen LogP contribution in [0.15, 0.2) is 0 Å². The van der Waals surface area contributed by atoms with Crippen LogP contribution in [0.4, 0.5) is 0 Å². The van der Waals surface area contributed by atoms with Gasteiger partial charge in [0.25, 0.3) is 0 Å². The van der Waals surface area contributed by atoms with Gasteiger partial charge in [-0.25, -0.2) is 0 Å². The van der Waals surface area contributed by atoms with Gasteiger partial charge >= 0.3 is 0 Å². The van der Waals surface area contributed by atoms with Crippen molar-refractivity contribution in [3.05, 3.63) is 0 Å². The van der Waals surface area contributed by atoms with Gasteiger partial charge in [0.05, 0.1) is 0 Å². The van der Waals surface area contributed by atoms with Gasteiger partial charge in [0.2, 0.25) is 0 Å². The van der Waals surface area contributed by atoms with Crippen LogP contribution in [0.5, 0.6) is 0 Å². The van der Waals surface area contributed by atoms with Crippen molar-refractivity contribution in [1.29, 1.82) is 0 Å². The molecule has 0 radical (unpaired) electrons. The summed E-state index contributed by atoms with van der Waals surface area (Å²) in [5.41, 5.74) is 0.404. The number of hydrogen-bond donors (Lipinski definition) is 2. The molecule has 0 bridgehead atoms. The summed E-state index contributed by atoms with van der Waals surface area (Å²) in [5.74, 6) is 1.29. The molecule has 0 saturated heterocycles. The third-order valence-electron chi connectivity index (χ3n) is 5.45. The zero-order valence-corrected chi connectivity index (χ0v) is 13.1. The van der Waals surface area contributed by atoms with Crippen molar-refractivity contribution >= 4 is 0 Å². The first kappa shape index (κ1) is 15.3. The molecule has 2 fully saturated rings. The minimum Gasteiger partial charge on any atom is -0.396 e. The first-order valence-corrected chi connectivity index (χ1v) is 8.39. The fourth-order valence-corrected chi connectivity index (χ4v) is 4.29. The van der Waals surface area contributed by atoms with Crippen LogP contribution in [0.25, 0.3) is 0 Å². The average molecular weight is 267 g/mol. The molecule has 0 heterocycles. The van der Waals surface area contributed by atoms with E-state index in [9.17, 15) is 5.11 Å². The van der Waals surface area contributed by atoms with E-state index >= 15 is 0 Å². The summed E-state index contributed by atoms with van der Waals surface area (Å²) in [7, 11) is 0. The second kappa shape index (κ2) is 6.58. The van der Waals surface area contributed by atoms with Crippen LogP contribution < -0.4 is 5.32 Å². The Morgan fingerprint density at radius 2 is 1.47 bits per heavy atom. The molecule has 2 heteroatoms. The van der Waals surface area contributed by atoms with E-state index in [1.54, 1.807) is 0 Å². The Morgan fingerprint density at radius 3 is 2.11 bits per heavy atom. The SMILES string of the molecule is CC(C)(C)C1CCCCC1NC1CCCCC1CO. The number of nitrogens with one attached hydrogen (secondary N) is 1. The van der Waals surface area contributed by atoms with Crippen molar-refractivity contribution in [3.8, 4) is 0 Å². The van der Waals surface area contributed by atoms with Crippen molar-refractivity contribution < 1.29 is 5.11 Å². The van der Waals surface area contributed by atoms with Crippen LogP contribution in [0.3, 0.4) is 0 Å². The molecule has 2 nitrogen and oxygen atoms in total. The second-order valence-corrected chi connectivity index (χ2v) is 7.86. The quantitative estimate of drug-likeness (QED) is 0.816. The molecule has 0 aliphatic heterocycles. The fourth-order valence-electron chi connectivity index (χ4n) is 4.29. The van der Waals surface area contributed by atoms with Gasteiger partial charge in [0.15, 0.2) is 0 Å². The van der Waals surface area contributed by atoms with Crippen LogP contribution in [0, 0.1) is 17.3 Å². The van der Waals surface area contributed by atoms with Gasteiger partial charge in [0, 0.05) is 18.7 Å². The molecule has 0 aromatic rings. The Kier molecular flexibility index (Phi) is 5.30. The van der Waals surface area contributed by atoms with Gasteiger partial charge in [-0.15, -0.1) is 0 Å². The molecule has 2 N–H and O–H groups in total. The molecule has 2 aliphatic carbocycles. The van der Waals surface area contributed by atoms with Crippen molar-refractivity contribution in [3.63, 3.8) is 0 Å². The van der Waals surface area contributed by atoms with E-state index in [0.717, 1.165) is 5.92 Å². The van der Waals surface area contributed by atoms with E-state index < -0.39 is 0 Å². The van der Waals surface area contributed by atoms with Crippen LogP contribution >= 0.6 is 0 Å². The maximum Gasteiger partial charge on any atom is 0.0474 e. The molecule has 4 atom stereocenters. The van der Waals surface area contributed by atoms with Crippen LogP contribution in [-0.2, 0) is 0 Å². The van der Waals surface area contributed by atoms with Gasteiger partial charge in [0.1, 0.15) is 0 Å². The summed E-state index contributed by atoms with van der Waals surface area (Å²) in [5, 5.41) is 13.5. The Morgan fingerprint density at radius 1 is 0.895 bits per heavy atom. The van der Waals surface area contributed by atoms with Gasteiger partial charge in [-0.05, 0) is 42.9 Å². The zero-order valence-electron chi connectivity index (χ0n) is 13.1. The smallest absolute Gasteiger partial charge is 0.0474 e. The number of aliphatic hydroxyl groups excluding tert-OH is 1. The standard InChI is InChI=1S/C17H33NO/c1-17(2,3)14-9-5-7-11-16(14)18-15-10-6-4-8-13(15)12-19/h13-16,18-19H,4-12H2,1-3H3. The summed E-state index contributed by atoms with van der Waals surface area (Å²) < 4.78 is 0. The average Bonchev–Trinajstić information content (AvgIpc) is 2.39. The number of hydrogen-bond acceptors (Lipinski definition) is 2. The lowest BCUT2D eigenvalue weighted by molar-refractivity contribution is 0.0900. The molecular formula is C17H33NO. The molecule has 0 aromatic heterocycles. The van der Waals surface area contributed by atoms with Gasteiger partial charge in [-0.3, -0.25) is 0 Å². The second-order valence-electron chi connectivity index (χ2n) is 7.86. The summed E-state index contributed by atoms with van der Waals surface area (Å²) >= 11 is 0. The number of aliphatic hydroxyl groups is 1. The number of rotatable bonds is 3. The zero-order chi connectivity index (χ0) is 13.9. The normalized spacial score (nSPS) is 37.3. The lowest BCUT2D eigenvalue weighted by Crippen LogP contribution is -2.51. The Bertz CT molecular complexity index is 271. The molecule has 2 rings (SSSR count). The predicted molar refractivity (Wildman–Crippen MR) is 81.2 cm³/mol. The van der Waals surface area contributed by atoms with Crippen molar-refractivity contribution in [2.45, 2.75) is 84.2 Å². The highest BCUT2D eigenvalue weighted by Crippen LogP contribution is 2.39. The molecule has 0 amide bonds. The van der Waals surface area contributed by atoms with E-state index in [1.165, 1.54) is 51.4 Å². The Labute approximate surface area is 119 Å². The van der Waals surface area contributed by atoms with E-state index in [2.05, 4.69) is 26.1 Å². The molecular weight excluding hydrogens is 234 g/mol. The predicted octanol–water partition coefficient (Wildman–Crippen LogP) is 3.73. The van der Waals surface area contributed by atoms with Crippen LogP contribution in [0.1, 0.15) is 72.1 Å². The lowest BCUT2D eigenvalue weighted by atomic mass is 9.69. The van der Waals surface area contributed by atoms with E-state index in [-0.39, 0.29) is 0 Å². The highest BCUT2D eigenvalue weighted by atomic mass is 16.3. The minimum absolute atomic E-state index is 0.366. The molecule has 2 aliphatic rings. The summed E-state index contributed by atoms with van der Waals surface area (Å²) in [6.07, 6.45) is 10.6. The van der Waals surface area contributed by atoms with Gasteiger partial charge in [-0.1, -0.05) is 46.5 Å². The van der Waals surface area contributed by atoms with Crippen molar-refractivity contribution in [2.75, 3.05) is 6.61 Å². The first-order chi connectivity index (χ1) is 9.02. The fraction of sp³-hybridized carbons (Fsp3) is 1.00. The topological polar surface area (TPSA) is 32.3 Å². The van der Waals surface area contributed by atoms with Gasteiger partial charge in [-0.2, -0.15) is 0 Å². The third kappa shape index (κ3) is 3.95. The van der Waals surface area contributed by atoms with Crippen LogP contribution in [0.2, 0.25) is 0 Å². The van der Waals surface area contributed by atoms with Crippen molar-refractivity contribution in [2.24, 2.45) is 17.3 Å². The molecule has 0 aromatic carbocycles. The third-order valence-corrected chi connectivity index (χ3v) is 5.45. The maximum atomic E-state index is 9.58. The lowest BCUT2D eigenvalue weighted by Gasteiger charge is -2.44. The highest BCUT2D eigenvalue weighted by Gasteiger charge is 2.36. The Balaban J connectivity index is 1.98. The Hall–Kier alpha value is -0.0800. The molecule has 2 saturated carbocycles. The molecule has 0 spiro atoms. The molecule has 112 valence electrons. The summed E-state index contributed by atoms with van der Waals surface area (Å²) in [4.78, 5) is 0. The van der Waals surface area contributed by atoms with Gasteiger partial charge < -0.3 is 10.4 Å². The molecule has 19 heavy (non-hydrogen) atoms.